The Morgan fingerprint density at radius 1 is 1.21 bits per heavy atom. The van der Waals surface area contributed by atoms with Gasteiger partial charge in [-0.2, -0.15) is 0 Å². The van der Waals surface area contributed by atoms with Crippen molar-refractivity contribution in [3.63, 3.8) is 0 Å². The highest BCUT2D eigenvalue weighted by molar-refractivity contribution is 7.21. The third-order valence-electron chi connectivity index (χ3n) is 4.38. The summed E-state index contributed by atoms with van der Waals surface area (Å²) in [5, 5.41) is 15.0. The summed E-state index contributed by atoms with van der Waals surface area (Å²) in [4.78, 5) is 33.1. The minimum Gasteiger partial charge on any atom is -0.322 e. The molecule has 0 spiro atoms. The average molecular weight is 425 g/mol. The van der Waals surface area contributed by atoms with Gasteiger partial charge in [-0.3, -0.25) is 14.9 Å². The number of anilines is 1. The fourth-order valence-electron chi connectivity index (χ4n) is 2.93. The zero-order valence-electron chi connectivity index (χ0n) is 15.0. The molecule has 0 aliphatic heterocycles. The number of carbonyl (C=O) groups excluding carboxylic acids is 1. The van der Waals surface area contributed by atoms with Crippen LogP contribution >= 0.6 is 22.9 Å². The van der Waals surface area contributed by atoms with Gasteiger partial charge in [-0.15, -0.1) is 0 Å². The van der Waals surface area contributed by atoms with Gasteiger partial charge in [-0.25, -0.2) is 9.97 Å². The zero-order valence-corrected chi connectivity index (χ0v) is 16.6. The molecular weight excluding hydrogens is 412 g/mol. The quantitative estimate of drug-likeness (QED) is 0.345. The number of hydrogen-bond acceptors (Lipinski definition) is 6. The minimum absolute atomic E-state index is 0.100. The van der Waals surface area contributed by atoms with Gasteiger partial charge >= 0.3 is 0 Å². The summed E-state index contributed by atoms with van der Waals surface area (Å²) in [5.74, 6) is -0.606. The molecule has 1 amide bonds. The molecule has 0 fully saturated rings. The standard InChI is InChI=1S/C20H13ClN4O3S/c1-11-13(19-24-16-6-3-9-22-20(16)29-19)4-2-5-15(11)23-18(26)14-10-12(21)7-8-17(14)25(27)28/h2-10H,1H3,(H,23,26). The van der Waals surface area contributed by atoms with Gasteiger partial charge in [0, 0.05) is 28.5 Å². The number of hydrogen-bond donors (Lipinski definition) is 1. The third kappa shape index (κ3) is 3.67. The van der Waals surface area contributed by atoms with Crippen LogP contribution in [0.15, 0.2) is 54.7 Å². The lowest BCUT2D eigenvalue weighted by Gasteiger charge is -2.11. The van der Waals surface area contributed by atoms with Crippen molar-refractivity contribution >= 4 is 50.6 Å². The second-order valence-electron chi connectivity index (χ2n) is 6.20. The van der Waals surface area contributed by atoms with Crippen molar-refractivity contribution in [2.24, 2.45) is 0 Å². The summed E-state index contributed by atoms with van der Waals surface area (Å²) in [5.41, 5.74) is 2.58. The van der Waals surface area contributed by atoms with E-state index in [4.69, 9.17) is 11.6 Å². The number of amides is 1. The molecular formula is C20H13ClN4O3S. The molecule has 2 aromatic heterocycles. The van der Waals surface area contributed by atoms with Crippen LogP contribution in [0, 0.1) is 17.0 Å². The van der Waals surface area contributed by atoms with E-state index in [-0.39, 0.29) is 16.3 Å². The van der Waals surface area contributed by atoms with Crippen molar-refractivity contribution in [3.8, 4) is 10.6 Å². The maximum absolute atomic E-state index is 12.7. The maximum Gasteiger partial charge on any atom is 0.282 e. The van der Waals surface area contributed by atoms with Crippen LogP contribution in [0.25, 0.3) is 20.9 Å². The number of aromatic nitrogens is 2. The second-order valence-corrected chi connectivity index (χ2v) is 7.61. The van der Waals surface area contributed by atoms with E-state index in [1.54, 1.807) is 18.3 Å². The van der Waals surface area contributed by atoms with Gasteiger partial charge in [0.2, 0.25) is 0 Å². The molecule has 0 radical (unpaired) electrons. The molecule has 144 valence electrons. The van der Waals surface area contributed by atoms with Crippen molar-refractivity contribution in [1.82, 2.24) is 9.97 Å². The Balaban J connectivity index is 1.70. The van der Waals surface area contributed by atoms with Crippen LogP contribution in [-0.2, 0) is 0 Å². The van der Waals surface area contributed by atoms with Crippen molar-refractivity contribution in [2.45, 2.75) is 6.92 Å². The largest absolute Gasteiger partial charge is 0.322 e. The van der Waals surface area contributed by atoms with Crippen molar-refractivity contribution in [2.75, 3.05) is 5.32 Å². The van der Waals surface area contributed by atoms with Crippen molar-refractivity contribution in [3.05, 3.63) is 81.0 Å². The van der Waals surface area contributed by atoms with Crippen LogP contribution in [-0.4, -0.2) is 20.8 Å². The first-order valence-electron chi connectivity index (χ1n) is 8.51. The Bertz CT molecular complexity index is 1240. The van der Waals surface area contributed by atoms with E-state index in [1.807, 2.05) is 25.1 Å². The van der Waals surface area contributed by atoms with Gasteiger partial charge in [0.25, 0.3) is 11.6 Å². The molecule has 0 bridgehead atoms. The highest BCUT2D eigenvalue weighted by Gasteiger charge is 2.21. The van der Waals surface area contributed by atoms with E-state index in [9.17, 15) is 14.9 Å². The van der Waals surface area contributed by atoms with E-state index in [2.05, 4.69) is 15.3 Å². The van der Waals surface area contributed by atoms with Gasteiger partial charge in [-0.05, 0) is 42.8 Å². The lowest BCUT2D eigenvalue weighted by atomic mass is 10.1. The molecule has 1 N–H and O–H groups in total. The first kappa shape index (κ1) is 19.0. The van der Waals surface area contributed by atoms with Crippen LogP contribution in [0.4, 0.5) is 11.4 Å². The van der Waals surface area contributed by atoms with Gasteiger partial charge in [0.1, 0.15) is 20.9 Å². The molecule has 29 heavy (non-hydrogen) atoms. The van der Waals surface area contributed by atoms with Crippen LogP contribution < -0.4 is 5.32 Å². The predicted octanol–water partition coefficient (Wildman–Crippen LogP) is 5.48. The second kappa shape index (κ2) is 7.57. The van der Waals surface area contributed by atoms with E-state index in [1.165, 1.54) is 29.5 Å². The molecule has 0 saturated heterocycles. The van der Waals surface area contributed by atoms with Gasteiger partial charge < -0.3 is 5.32 Å². The summed E-state index contributed by atoms with van der Waals surface area (Å²) in [6.07, 6.45) is 1.71. The van der Waals surface area contributed by atoms with Crippen LogP contribution in [0.5, 0.6) is 0 Å². The number of nitro groups is 1. The highest BCUT2D eigenvalue weighted by Crippen LogP contribution is 2.34. The van der Waals surface area contributed by atoms with E-state index in [0.29, 0.717) is 5.69 Å². The number of benzene rings is 2. The monoisotopic (exact) mass is 424 g/mol. The van der Waals surface area contributed by atoms with E-state index < -0.39 is 10.8 Å². The number of nitrogens with one attached hydrogen (secondary N) is 1. The van der Waals surface area contributed by atoms with E-state index in [0.717, 1.165) is 26.5 Å². The average Bonchev–Trinajstić information content (AvgIpc) is 3.13. The fraction of sp³-hybridized carbons (Fsp3) is 0.0500. The summed E-state index contributed by atoms with van der Waals surface area (Å²) in [6.45, 7) is 1.86. The Morgan fingerprint density at radius 2 is 2.03 bits per heavy atom. The number of carbonyl (C=O) groups is 1. The number of nitrogens with zero attached hydrogens (tertiary/aromatic N) is 3. The van der Waals surface area contributed by atoms with Gasteiger partial charge in [0.05, 0.1) is 4.92 Å². The molecule has 9 heteroatoms. The van der Waals surface area contributed by atoms with Crippen LogP contribution in [0.1, 0.15) is 15.9 Å². The maximum atomic E-state index is 12.7. The Morgan fingerprint density at radius 3 is 2.79 bits per heavy atom. The van der Waals surface area contributed by atoms with Crippen LogP contribution in [0.3, 0.4) is 0 Å². The summed E-state index contributed by atoms with van der Waals surface area (Å²) in [6, 6.07) is 13.0. The zero-order chi connectivity index (χ0) is 20.5. The SMILES string of the molecule is Cc1c(NC(=O)c2cc(Cl)ccc2[N+](=O)[O-])cccc1-c1nc2cccnc2s1. The number of fused-ring (bicyclic) bond motifs is 1. The van der Waals surface area contributed by atoms with Gasteiger partial charge in [-0.1, -0.05) is 35.1 Å². The Kier molecular flexibility index (Phi) is 4.96. The molecule has 0 saturated carbocycles. The fourth-order valence-corrected chi connectivity index (χ4v) is 4.09. The molecule has 7 nitrogen and oxygen atoms in total. The Labute approximate surface area is 174 Å². The number of pyridine rings is 1. The lowest BCUT2D eigenvalue weighted by Crippen LogP contribution is -2.15. The molecule has 2 aromatic carbocycles. The molecule has 2 heterocycles. The van der Waals surface area contributed by atoms with Gasteiger partial charge in [0.15, 0.2) is 0 Å². The molecule has 0 unspecified atom stereocenters. The minimum atomic E-state index is -0.608. The molecule has 4 aromatic rings. The smallest absolute Gasteiger partial charge is 0.282 e. The number of thiazole rings is 1. The summed E-state index contributed by atoms with van der Waals surface area (Å²) in [7, 11) is 0. The topological polar surface area (TPSA) is 98.0 Å². The number of rotatable bonds is 4. The molecule has 4 rings (SSSR count). The first-order valence-corrected chi connectivity index (χ1v) is 9.70. The van der Waals surface area contributed by atoms with Crippen molar-refractivity contribution in [1.29, 1.82) is 0 Å². The number of nitro benzene ring substituents is 1. The summed E-state index contributed by atoms with van der Waals surface area (Å²) >= 11 is 7.38. The molecule has 0 atom stereocenters. The third-order valence-corrected chi connectivity index (χ3v) is 5.63. The van der Waals surface area contributed by atoms with E-state index >= 15 is 0 Å². The lowest BCUT2D eigenvalue weighted by molar-refractivity contribution is -0.385. The first-order chi connectivity index (χ1) is 13.9. The molecule has 0 aliphatic carbocycles. The number of halogens is 1. The molecule has 0 aliphatic rings. The predicted molar refractivity (Wildman–Crippen MR) is 114 cm³/mol. The van der Waals surface area contributed by atoms with Crippen molar-refractivity contribution < 1.29 is 9.72 Å². The normalized spacial score (nSPS) is 10.8. The van der Waals surface area contributed by atoms with Crippen LogP contribution in [0.2, 0.25) is 5.02 Å². The highest BCUT2D eigenvalue weighted by atomic mass is 35.5. The summed E-state index contributed by atoms with van der Waals surface area (Å²) < 4.78 is 0. The Hall–Kier alpha value is -3.36.